The molecule has 0 spiro atoms. The summed E-state index contributed by atoms with van der Waals surface area (Å²) in [6.07, 6.45) is 12.4. The molecule has 150 valence electrons. The number of allylic oxidation sites excluding steroid dienone is 2. The van der Waals surface area contributed by atoms with E-state index in [0.29, 0.717) is 12.4 Å². The summed E-state index contributed by atoms with van der Waals surface area (Å²) < 4.78 is 11.2. The van der Waals surface area contributed by atoms with Gasteiger partial charge in [-0.15, -0.1) is 0 Å². The molecule has 0 saturated heterocycles. The quantitative estimate of drug-likeness (QED) is 0.138. The Kier molecular flexibility index (Phi) is 12.6. The van der Waals surface area contributed by atoms with E-state index in [1.165, 1.54) is 25.7 Å². The highest BCUT2D eigenvalue weighted by Crippen LogP contribution is 2.14. The smallest absolute Gasteiger partial charge is 0.374 e. The van der Waals surface area contributed by atoms with Gasteiger partial charge < -0.3 is 14.4 Å². The van der Waals surface area contributed by atoms with Crippen molar-refractivity contribution in [2.24, 2.45) is 0 Å². The summed E-state index contributed by atoms with van der Waals surface area (Å²) in [5, 5.41) is 0. The number of hydrogen-bond acceptors (Lipinski definition) is 4. The number of para-hydroxylation sites is 1. The van der Waals surface area contributed by atoms with E-state index >= 15 is 0 Å². The third-order valence-corrected chi connectivity index (χ3v) is 4.26. The van der Waals surface area contributed by atoms with Crippen molar-refractivity contribution in [1.82, 2.24) is 4.90 Å². The van der Waals surface area contributed by atoms with Gasteiger partial charge in [-0.05, 0) is 50.8 Å². The van der Waals surface area contributed by atoms with Gasteiger partial charge in [0.15, 0.2) is 0 Å². The van der Waals surface area contributed by atoms with Crippen LogP contribution in [0.2, 0.25) is 0 Å². The molecule has 27 heavy (non-hydrogen) atoms. The van der Waals surface area contributed by atoms with Gasteiger partial charge in [0.05, 0.1) is 6.61 Å². The van der Waals surface area contributed by atoms with Crippen LogP contribution in [0.25, 0.3) is 0 Å². The number of hydrogen-bond donors (Lipinski definition) is 0. The average Bonchev–Trinajstić information content (AvgIpc) is 2.70. The fourth-order valence-electron chi connectivity index (χ4n) is 2.56. The molecule has 0 atom stereocenters. The number of esters is 1. The monoisotopic (exact) mass is 373 g/mol. The van der Waals surface area contributed by atoms with Gasteiger partial charge in [0, 0.05) is 13.1 Å². The predicted molar refractivity (Wildman–Crippen MR) is 112 cm³/mol. The Balaban J connectivity index is 2.60. The third-order valence-electron chi connectivity index (χ3n) is 4.26. The van der Waals surface area contributed by atoms with Crippen molar-refractivity contribution in [3.63, 3.8) is 0 Å². The number of benzene rings is 1. The van der Waals surface area contributed by atoms with Crippen molar-refractivity contribution >= 4 is 5.97 Å². The molecule has 0 fully saturated rings. The lowest BCUT2D eigenvalue weighted by molar-refractivity contribution is -0.141. The topological polar surface area (TPSA) is 38.8 Å². The fourth-order valence-corrected chi connectivity index (χ4v) is 2.56. The first-order chi connectivity index (χ1) is 13.2. The molecule has 1 rings (SSSR count). The molecule has 0 N–H and O–H groups in total. The molecule has 0 aliphatic heterocycles. The van der Waals surface area contributed by atoms with Crippen molar-refractivity contribution in [1.29, 1.82) is 0 Å². The maximum atomic E-state index is 12.4. The van der Waals surface area contributed by atoms with Crippen molar-refractivity contribution in [2.45, 2.75) is 59.3 Å². The number of carbonyl (C=O) groups excluding carboxylic acids is 1. The Hall–Kier alpha value is -2.23. The van der Waals surface area contributed by atoms with Crippen LogP contribution in [0.15, 0.2) is 54.4 Å². The average molecular weight is 374 g/mol. The Morgan fingerprint density at radius 2 is 1.63 bits per heavy atom. The number of carbonyl (C=O) groups is 1. The van der Waals surface area contributed by atoms with Gasteiger partial charge in [-0.1, -0.05) is 57.2 Å². The molecule has 1 aromatic rings. The van der Waals surface area contributed by atoms with Gasteiger partial charge in [0.2, 0.25) is 5.76 Å². The summed E-state index contributed by atoms with van der Waals surface area (Å²) in [7, 11) is 0. The largest absolute Gasteiger partial charge is 0.460 e. The van der Waals surface area contributed by atoms with Crippen molar-refractivity contribution in [2.75, 3.05) is 19.7 Å². The summed E-state index contributed by atoms with van der Waals surface area (Å²) in [5.74, 6) is 0.406. The third kappa shape index (κ3) is 10.5. The maximum Gasteiger partial charge on any atom is 0.374 e. The van der Waals surface area contributed by atoms with E-state index in [2.05, 4.69) is 25.7 Å². The SMILES string of the molecule is CCCCCCCCOC(=O)/C(=C\C=C\N(CC)CC)Oc1ccccc1. The first-order valence-electron chi connectivity index (χ1n) is 10.2. The van der Waals surface area contributed by atoms with Crippen LogP contribution in [-0.2, 0) is 9.53 Å². The number of nitrogens with zero attached hydrogens (tertiary/aromatic N) is 1. The van der Waals surface area contributed by atoms with Crippen molar-refractivity contribution in [3.05, 3.63) is 54.4 Å². The molecule has 0 aliphatic rings. The number of ether oxygens (including phenoxy) is 2. The van der Waals surface area contributed by atoms with Crippen LogP contribution in [-0.4, -0.2) is 30.6 Å². The molecule has 0 aromatic heterocycles. The molecule has 0 bridgehead atoms. The molecule has 0 amide bonds. The Bertz CT molecular complexity index is 562. The zero-order valence-corrected chi connectivity index (χ0v) is 17.2. The van der Waals surface area contributed by atoms with E-state index in [1.807, 2.05) is 42.6 Å². The highest BCUT2D eigenvalue weighted by Gasteiger charge is 2.13. The zero-order chi connectivity index (χ0) is 19.7. The van der Waals surface area contributed by atoms with Gasteiger partial charge >= 0.3 is 5.97 Å². The highest BCUT2D eigenvalue weighted by molar-refractivity contribution is 5.87. The van der Waals surface area contributed by atoms with Crippen molar-refractivity contribution < 1.29 is 14.3 Å². The standard InChI is InChI=1S/C23H35NO3/c1-4-7-8-9-10-14-20-26-23(25)22(18-15-19-24(5-2)6-3)27-21-16-12-11-13-17-21/h11-13,15-19H,4-10,14,20H2,1-3H3/b19-15+,22-18+. The van der Waals surface area contributed by atoms with Crippen molar-refractivity contribution in [3.8, 4) is 5.75 Å². The lowest BCUT2D eigenvalue weighted by Gasteiger charge is -2.14. The second-order valence-electron chi connectivity index (χ2n) is 6.41. The first-order valence-corrected chi connectivity index (χ1v) is 10.2. The maximum absolute atomic E-state index is 12.4. The van der Waals surface area contributed by atoms with E-state index in [4.69, 9.17) is 9.47 Å². The minimum atomic E-state index is -0.420. The Morgan fingerprint density at radius 3 is 2.30 bits per heavy atom. The van der Waals surface area contributed by atoms with Gasteiger partial charge in [0.25, 0.3) is 0 Å². The number of rotatable bonds is 14. The summed E-state index contributed by atoms with van der Waals surface area (Å²) in [4.78, 5) is 14.6. The summed E-state index contributed by atoms with van der Waals surface area (Å²) >= 11 is 0. The fraction of sp³-hybridized carbons (Fsp3) is 0.522. The van der Waals surface area contributed by atoms with Gasteiger partial charge in [-0.25, -0.2) is 4.79 Å². The minimum Gasteiger partial charge on any atom is -0.460 e. The molecular formula is C23H35NO3. The van der Waals surface area contributed by atoms with E-state index in [-0.39, 0.29) is 5.76 Å². The second kappa shape index (κ2) is 14.9. The van der Waals surface area contributed by atoms with Crippen LogP contribution in [0.1, 0.15) is 59.3 Å². The summed E-state index contributed by atoms with van der Waals surface area (Å²) in [5.41, 5.74) is 0. The van der Waals surface area contributed by atoms with E-state index < -0.39 is 5.97 Å². The van der Waals surface area contributed by atoms with Gasteiger partial charge in [-0.3, -0.25) is 0 Å². The molecule has 1 aromatic carbocycles. The van der Waals surface area contributed by atoms with Crippen LogP contribution < -0.4 is 4.74 Å². The minimum absolute atomic E-state index is 0.204. The first kappa shape index (κ1) is 22.8. The lowest BCUT2D eigenvalue weighted by Crippen LogP contribution is -2.15. The van der Waals surface area contributed by atoms with Crippen LogP contribution in [0.5, 0.6) is 5.75 Å². The molecule has 4 nitrogen and oxygen atoms in total. The van der Waals surface area contributed by atoms with Crippen LogP contribution in [0, 0.1) is 0 Å². The normalized spacial score (nSPS) is 11.6. The molecule has 0 saturated carbocycles. The molecule has 0 unspecified atom stereocenters. The summed E-state index contributed by atoms with van der Waals surface area (Å²) in [6, 6.07) is 9.31. The molecule has 0 heterocycles. The Morgan fingerprint density at radius 1 is 0.963 bits per heavy atom. The van der Waals surface area contributed by atoms with Crippen LogP contribution in [0.4, 0.5) is 0 Å². The molecule has 0 radical (unpaired) electrons. The van der Waals surface area contributed by atoms with Gasteiger partial charge in [0.1, 0.15) is 5.75 Å². The van der Waals surface area contributed by atoms with Gasteiger partial charge in [-0.2, -0.15) is 0 Å². The Labute approximate surface area is 164 Å². The number of unbranched alkanes of at least 4 members (excludes halogenated alkanes) is 5. The van der Waals surface area contributed by atoms with Crippen LogP contribution >= 0.6 is 0 Å². The van der Waals surface area contributed by atoms with E-state index in [9.17, 15) is 4.79 Å². The second-order valence-corrected chi connectivity index (χ2v) is 6.41. The van der Waals surface area contributed by atoms with E-state index in [0.717, 1.165) is 25.9 Å². The predicted octanol–water partition coefficient (Wildman–Crippen LogP) is 5.71. The highest BCUT2D eigenvalue weighted by atomic mass is 16.6. The lowest BCUT2D eigenvalue weighted by atomic mass is 10.1. The zero-order valence-electron chi connectivity index (χ0n) is 17.2. The molecular weight excluding hydrogens is 338 g/mol. The van der Waals surface area contributed by atoms with E-state index in [1.54, 1.807) is 6.08 Å². The summed E-state index contributed by atoms with van der Waals surface area (Å²) in [6.45, 7) is 8.65. The molecule has 4 heteroatoms. The van der Waals surface area contributed by atoms with Crippen LogP contribution in [0.3, 0.4) is 0 Å². The molecule has 0 aliphatic carbocycles.